The second kappa shape index (κ2) is 9.87. The number of anilines is 1. The highest BCUT2D eigenvalue weighted by molar-refractivity contribution is 6.12. The van der Waals surface area contributed by atoms with Crippen molar-refractivity contribution in [1.29, 1.82) is 0 Å². The van der Waals surface area contributed by atoms with Crippen LogP contribution in [0.2, 0.25) is 0 Å². The number of hydrogen-bond acceptors (Lipinski definition) is 6. The van der Waals surface area contributed by atoms with E-state index in [4.69, 9.17) is 24.7 Å². The third-order valence-electron chi connectivity index (χ3n) is 4.51. The predicted octanol–water partition coefficient (Wildman–Crippen LogP) is 4.62. The van der Waals surface area contributed by atoms with Gasteiger partial charge in [-0.1, -0.05) is 13.8 Å². The van der Waals surface area contributed by atoms with Crippen LogP contribution < -0.4 is 24.7 Å². The van der Waals surface area contributed by atoms with E-state index in [1.54, 1.807) is 51.7 Å². The van der Waals surface area contributed by atoms with Crippen LogP contribution in [0.25, 0.3) is 6.08 Å². The molecule has 0 bridgehead atoms. The number of ether oxygens (including phenoxy) is 4. The molecule has 0 amide bonds. The summed E-state index contributed by atoms with van der Waals surface area (Å²) < 4.78 is 21.7. The number of hydrogen-bond donors (Lipinski definition) is 1. The Balaban J connectivity index is 2.55. The van der Waals surface area contributed by atoms with Gasteiger partial charge in [0.1, 0.15) is 11.5 Å². The highest BCUT2D eigenvalue weighted by Gasteiger charge is 2.19. The van der Waals surface area contributed by atoms with Gasteiger partial charge in [-0.3, -0.25) is 4.79 Å². The predicted molar refractivity (Wildman–Crippen MR) is 115 cm³/mol. The summed E-state index contributed by atoms with van der Waals surface area (Å²) in [4.78, 5) is 13.3. The average molecular weight is 399 g/mol. The number of nitrogen functional groups attached to an aromatic ring is 1. The summed E-state index contributed by atoms with van der Waals surface area (Å²) in [5.41, 5.74) is 8.31. The lowest BCUT2D eigenvalue weighted by molar-refractivity contribution is 0.102. The van der Waals surface area contributed by atoms with Crippen molar-refractivity contribution in [2.75, 3.05) is 33.7 Å². The van der Waals surface area contributed by atoms with E-state index in [2.05, 4.69) is 0 Å². The van der Waals surface area contributed by atoms with Crippen LogP contribution in [0, 0.1) is 5.92 Å². The van der Waals surface area contributed by atoms with Crippen LogP contribution in [0.1, 0.15) is 36.7 Å². The van der Waals surface area contributed by atoms with Crippen LogP contribution in [0.15, 0.2) is 35.9 Å². The van der Waals surface area contributed by atoms with Gasteiger partial charge in [-0.05, 0) is 43.2 Å². The number of ketones is 1. The fourth-order valence-electron chi connectivity index (χ4n) is 2.95. The van der Waals surface area contributed by atoms with Crippen LogP contribution in [-0.2, 0) is 0 Å². The first-order chi connectivity index (χ1) is 13.9. The van der Waals surface area contributed by atoms with Crippen LogP contribution in [0.5, 0.6) is 23.0 Å². The van der Waals surface area contributed by atoms with Gasteiger partial charge in [0.05, 0.1) is 33.6 Å². The molecule has 156 valence electrons. The number of Topliss-reactive ketones (excluding diaryl/α,β-unsaturated/α-hetero) is 1. The van der Waals surface area contributed by atoms with E-state index in [0.29, 0.717) is 46.4 Å². The molecular formula is C23H29NO5. The summed E-state index contributed by atoms with van der Waals surface area (Å²) in [5, 5.41) is 0. The summed E-state index contributed by atoms with van der Waals surface area (Å²) in [7, 11) is 4.70. The van der Waals surface area contributed by atoms with Crippen molar-refractivity contribution in [3.05, 3.63) is 47.0 Å². The van der Waals surface area contributed by atoms with Gasteiger partial charge in [0.15, 0.2) is 17.3 Å². The largest absolute Gasteiger partial charge is 0.496 e. The van der Waals surface area contributed by atoms with Gasteiger partial charge < -0.3 is 24.7 Å². The maximum Gasteiger partial charge on any atom is 0.189 e. The molecule has 0 aliphatic heterocycles. The van der Waals surface area contributed by atoms with Gasteiger partial charge in [0, 0.05) is 22.8 Å². The number of carbonyl (C=O) groups is 1. The van der Waals surface area contributed by atoms with E-state index >= 15 is 0 Å². The first kappa shape index (κ1) is 22.1. The molecule has 0 atom stereocenters. The summed E-state index contributed by atoms with van der Waals surface area (Å²) >= 11 is 0. The summed E-state index contributed by atoms with van der Waals surface area (Å²) in [5.74, 6) is 2.08. The van der Waals surface area contributed by atoms with E-state index in [9.17, 15) is 4.79 Å². The Morgan fingerprint density at radius 1 is 0.966 bits per heavy atom. The minimum atomic E-state index is -0.0993. The Hall–Kier alpha value is -3.15. The highest BCUT2D eigenvalue weighted by Crippen LogP contribution is 2.36. The zero-order chi connectivity index (χ0) is 21.6. The van der Waals surface area contributed by atoms with Crippen molar-refractivity contribution >= 4 is 17.5 Å². The van der Waals surface area contributed by atoms with Crippen molar-refractivity contribution in [2.24, 2.45) is 5.92 Å². The Labute approximate surface area is 172 Å². The smallest absolute Gasteiger partial charge is 0.189 e. The number of methoxy groups -OCH3 is 3. The van der Waals surface area contributed by atoms with Crippen molar-refractivity contribution in [1.82, 2.24) is 0 Å². The highest BCUT2D eigenvalue weighted by atomic mass is 16.5. The van der Waals surface area contributed by atoms with Crippen LogP contribution in [0.4, 0.5) is 5.69 Å². The Bertz CT molecular complexity index is 902. The average Bonchev–Trinajstić information content (AvgIpc) is 2.72. The summed E-state index contributed by atoms with van der Waals surface area (Å²) in [6.45, 7) is 6.28. The molecule has 2 aromatic carbocycles. The molecule has 2 aromatic rings. The molecule has 0 aromatic heterocycles. The number of carbonyl (C=O) groups excluding carboxylic acids is 1. The third kappa shape index (κ3) is 5.02. The van der Waals surface area contributed by atoms with Gasteiger partial charge in [-0.15, -0.1) is 0 Å². The zero-order valence-corrected chi connectivity index (χ0v) is 17.9. The molecule has 2 rings (SSSR count). The fraction of sp³-hybridized carbons (Fsp3) is 0.348. The fourth-order valence-corrected chi connectivity index (χ4v) is 2.95. The van der Waals surface area contributed by atoms with E-state index < -0.39 is 0 Å². The minimum Gasteiger partial charge on any atom is -0.496 e. The number of allylic oxidation sites excluding steroid dienone is 1. The molecule has 0 heterocycles. The molecule has 0 unspecified atom stereocenters. The molecule has 0 saturated heterocycles. The van der Waals surface area contributed by atoms with Crippen molar-refractivity contribution in [2.45, 2.75) is 20.8 Å². The van der Waals surface area contributed by atoms with Crippen molar-refractivity contribution < 1.29 is 23.7 Å². The Kier molecular flexibility index (Phi) is 7.53. The Morgan fingerprint density at radius 2 is 1.59 bits per heavy atom. The third-order valence-corrected chi connectivity index (χ3v) is 4.51. The van der Waals surface area contributed by atoms with Gasteiger partial charge in [0.2, 0.25) is 0 Å². The molecule has 0 fully saturated rings. The van der Waals surface area contributed by atoms with Crippen LogP contribution in [0.3, 0.4) is 0 Å². The molecule has 0 radical (unpaired) electrons. The van der Waals surface area contributed by atoms with E-state index in [1.807, 2.05) is 26.8 Å². The summed E-state index contributed by atoms with van der Waals surface area (Å²) in [6, 6.07) is 8.62. The molecule has 0 aliphatic rings. The van der Waals surface area contributed by atoms with Crippen LogP contribution >= 0.6 is 0 Å². The maximum atomic E-state index is 13.3. The Morgan fingerprint density at radius 3 is 2.14 bits per heavy atom. The molecule has 0 saturated carbocycles. The second-order valence-electron chi connectivity index (χ2n) is 6.72. The maximum absolute atomic E-state index is 13.3. The molecule has 29 heavy (non-hydrogen) atoms. The van der Waals surface area contributed by atoms with Gasteiger partial charge in [0.25, 0.3) is 0 Å². The molecule has 6 heteroatoms. The molecule has 0 aliphatic carbocycles. The monoisotopic (exact) mass is 399 g/mol. The topological polar surface area (TPSA) is 80.0 Å². The quantitative estimate of drug-likeness (QED) is 0.377. The standard InChI is InChI=1S/C23H29NO5/c1-7-29-20-11-15(8-9-18(20)24)23(25)17(14(2)3)10-16-12-21(27-5)22(28-6)13-19(16)26-4/h8-14H,7,24H2,1-6H3/b17-10+. The van der Waals surface area contributed by atoms with E-state index in [-0.39, 0.29) is 11.7 Å². The lowest BCUT2D eigenvalue weighted by Crippen LogP contribution is -2.10. The second-order valence-corrected chi connectivity index (χ2v) is 6.72. The molecular weight excluding hydrogens is 370 g/mol. The SMILES string of the molecule is CCOc1cc(C(=O)/C(=C/c2cc(OC)c(OC)cc2OC)C(C)C)ccc1N. The lowest BCUT2D eigenvalue weighted by atomic mass is 9.92. The first-order valence-corrected chi connectivity index (χ1v) is 9.44. The first-order valence-electron chi connectivity index (χ1n) is 9.44. The number of nitrogens with two attached hydrogens (primary N) is 1. The number of rotatable bonds is 9. The molecule has 6 nitrogen and oxygen atoms in total. The van der Waals surface area contributed by atoms with Gasteiger partial charge >= 0.3 is 0 Å². The normalized spacial score (nSPS) is 11.3. The van der Waals surface area contributed by atoms with Gasteiger partial charge in [-0.2, -0.15) is 0 Å². The summed E-state index contributed by atoms with van der Waals surface area (Å²) in [6.07, 6.45) is 1.82. The minimum absolute atomic E-state index is 0.0200. The lowest BCUT2D eigenvalue weighted by Gasteiger charge is -2.16. The van der Waals surface area contributed by atoms with E-state index in [1.165, 1.54) is 0 Å². The van der Waals surface area contributed by atoms with Crippen molar-refractivity contribution in [3.63, 3.8) is 0 Å². The zero-order valence-electron chi connectivity index (χ0n) is 17.9. The van der Waals surface area contributed by atoms with Crippen LogP contribution in [-0.4, -0.2) is 33.7 Å². The number of benzene rings is 2. The molecule has 0 spiro atoms. The van der Waals surface area contributed by atoms with Gasteiger partial charge in [-0.25, -0.2) is 0 Å². The van der Waals surface area contributed by atoms with E-state index in [0.717, 1.165) is 5.56 Å². The van der Waals surface area contributed by atoms with Crippen molar-refractivity contribution in [3.8, 4) is 23.0 Å². The molecule has 2 N–H and O–H groups in total.